The highest BCUT2D eigenvalue weighted by Gasteiger charge is 2.42. The van der Waals surface area contributed by atoms with Crippen LogP contribution in [-0.4, -0.2) is 37.0 Å². The van der Waals surface area contributed by atoms with Gasteiger partial charge in [-0.15, -0.1) is 0 Å². The van der Waals surface area contributed by atoms with E-state index in [1.165, 1.54) is 19.5 Å². The predicted octanol–water partition coefficient (Wildman–Crippen LogP) is 5.49. The van der Waals surface area contributed by atoms with E-state index in [1.54, 1.807) is 0 Å². The Kier molecular flexibility index (Phi) is 6.96. The summed E-state index contributed by atoms with van der Waals surface area (Å²) in [5.41, 5.74) is 1.56. The van der Waals surface area contributed by atoms with E-state index in [1.807, 2.05) is 42.5 Å². The van der Waals surface area contributed by atoms with E-state index in [2.05, 4.69) is 36.2 Å². The number of carbonyl (C=O) groups is 1. The van der Waals surface area contributed by atoms with Crippen LogP contribution in [0, 0.1) is 11.8 Å². The molecule has 1 aliphatic carbocycles. The Labute approximate surface area is 187 Å². The number of carbonyl (C=O) groups excluding carboxylic acids is 1. The van der Waals surface area contributed by atoms with Crippen molar-refractivity contribution in [3.05, 3.63) is 60.2 Å². The molecule has 1 aliphatic heterocycles. The summed E-state index contributed by atoms with van der Waals surface area (Å²) in [7, 11) is 0. The summed E-state index contributed by atoms with van der Waals surface area (Å²) < 4.78 is 5.97. The van der Waals surface area contributed by atoms with Gasteiger partial charge in [0.25, 0.3) is 0 Å². The predicted molar refractivity (Wildman–Crippen MR) is 127 cm³/mol. The minimum Gasteiger partial charge on any atom is -0.492 e. The quantitative estimate of drug-likeness (QED) is 0.644. The topological polar surface area (TPSA) is 41.6 Å². The van der Waals surface area contributed by atoms with Gasteiger partial charge in [0.05, 0.1) is 5.41 Å². The van der Waals surface area contributed by atoms with Crippen LogP contribution in [0.3, 0.4) is 0 Å². The summed E-state index contributed by atoms with van der Waals surface area (Å²) >= 11 is 0. The van der Waals surface area contributed by atoms with Crippen LogP contribution in [0.4, 0.5) is 5.69 Å². The number of benzene rings is 2. The van der Waals surface area contributed by atoms with Crippen LogP contribution in [0.25, 0.3) is 0 Å². The average molecular weight is 421 g/mol. The van der Waals surface area contributed by atoms with Gasteiger partial charge in [-0.2, -0.15) is 0 Å². The molecular weight excluding hydrogens is 384 g/mol. The molecule has 2 aromatic carbocycles. The minimum absolute atomic E-state index is 0.109. The van der Waals surface area contributed by atoms with Gasteiger partial charge in [0.2, 0.25) is 5.91 Å². The molecular formula is C27H36N2O2. The standard InChI is InChI=1S/C27H36N2O2/c1-21-18-22(2)20-29(19-21)16-17-31-25-12-10-24(11-13-25)28-26(30)27(14-6-7-15-27)23-8-4-3-5-9-23/h3-5,8-13,21-22H,6-7,14-20H2,1-2H3,(H,28,30)/t21-,22-/m0/s1. The lowest BCUT2D eigenvalue weighted by molar-refractivity contribution is -0.121. The number of ether oxygens (including phenoxy) is 1. The molecule has 4 nitrogen and oxygen atoms in total. The maximum atomic E-state index is 13.3. The third-order valence-corrected chi connectivity index (χ3v) is 6.95. The molecule has 4 rings (SSSR count). The number of hydrogen-bond acceptors (Lipinski definition) is 3. The summed E-state index contributed by atoms with van der Waals surface area (Å²) in [5, 5.41) is 3.17. The van der Waals surface area contributed by atoms with E-state index in [-0.39, 0.29) is 5.91 Å². The van der Waals surface area contributed by atoms with Crippen LogP contribution in [0.1, 0.15) is 51.5 Å². The Morgan fingerprint density at radius 3 is 2.29 bits per heavy atom. The van der Waals surface area contributed by atoms with E-state index in [0.717, 1.165) is 61.1 Å². The summed E-state index contributed by atoms with van der Waals surface area (Å²) in [6, 6.07) is 18.1. The van der Waals surface area contributed by atoms with Crippen molar-refractivity contribution in [2.45, 2.75) is 51.4 Å². The lowest BCUT2D eigenvalue weighted by atomic mass is 9.78. The number of nitrogens with one attached hydrogen (secondary N) is 1. The Morgan fingerprint density at radius 1 is 1.00 bits per heavy atom. The molecule has 1 amide bonds. The van der Waals surface area contributed by atoms with Crippen molar-refractivity contribution in [2.24, 2.45) is 11.8 Å². The normalized spacial score (nSPS) is 23.4. The molecule has 0 unspecified atom stereocenters. The van der Waals surface area contributed by atoms with Gasteiger partial charge in [0, 0.05) is 25.3 Å². The highest BCUT2D eigenvalue weighted by atomic mass is 16.5. The third kappa shape index (κ3) is 5.30. The van der Waals surface area contributed by atoms with Crippen molar-refractivity contribution >= 4 is 11.6 Å². The molecule has 1 saturated heterocycles. The van der Waals surface area contributed by atoms with Crippen molar-refractivity contribution in [1.82, 2.24) is 4.90 Å². The van der Waals surface area contributed by atoms with Crippen LogP contribution in [0.2, 0.25) is 0 Å². The molecule has 31 heavy (non-hydrogen) atoms. The number of nitrogens with zero attached hydrogens (tertiary/aromatic N) is 1. The lowest BCUT2D eigenvalue weighted by Gasteiger charge is -2.34. The van der Waals surface area contributed by atoms with Gasteiger partial charge >= 0.3 is 0 Å². The van der Waals surface area contributed by atoms with E-state index in [0.29, 0.717) is 6.61 Å². The molecule has 0 bridgehead atoms. The van der Waals surface area contributed by atoms with Gasteiger partial charge in [-0.25, -0.2) is 0 Å². The SMILES string of the molecule is C[C@H]1C[C@H](C)CN(CCOc2ccc(NC(=O)C3(c4ccccc4)CCCC3)cc2)C1. The van der Waals surface area contributed by atoms with Crippen molar-refractivity contribution in [2.75, 3.05) is 31.6 Å². The van der Waals surface area contributed by atoms with Gasteiger partial charge in [0.15, 0.2) is 0 Å². The van der Waals surface area contributed by atoms with Crippen LogP contribution >= 0.6 is 0 Å². The van der Waals surface area contributed by atoms with Crippen molar-refractivity contribution in [3.8, 4) is 5.75 Å². The molecule has 0 aromatic heterocycles. The molecule has 0 spiro atoms. The van der Waals surface area contributed by atoms with Gasteiger partial charge in [-0.1, -0.05) is 57.0 Å². The molecule has 1 N–H and O–H groups in total. The van der Waals surface area contributed by atoms with E-state index in [4.69, 9.17) is 4.74 Å². The Hall–Kier alpha value is -2.33. The van der Waals surface area contributed by atoms with Gasteiger partial charge in [-0.3, -0.25) is 9.69 Å². The van der Waals surface area contributed by atoms with Crippen LogP contribution in [0.15, 0.2) is 54.6 Å². The highest BCUT2D eigenvalue weighted by Crippen LogP contribution is 2.42. The van der Waals surface area contributed by atoms with Crippen molar-refractivity contribution < 1.29 is 9.53 Å². The second-order valence-corrected chi connectivity index (χ2v) is 9.69. The molecule has 1 saturated carbocycles. The number of piperidine rings is 1. The molecule has 2 aromatic rings. The third-order valence-electron chi connectivity index (χ3n) is 6.95. The lowest BCUT2D eigenvalue weighted by Crippen LogP contribution is -2.40. The molecule has 4 heteroatoms. The smallest absolute Gasteiger partial charge is 0.235 e. The first-order chi connectivity index (χ1) is 15.0. The zero-order chi connectivity index (χ0) is 21.7. The Morgan fingerprint density at radius 2 is 1.65 bits per heavy atom. The molecule has 0 radical (unpaired) electrons. The fourth-order valence-corrected chi connectivity index (χ4v) is 5.54. The molecule has 2 fully saturated rings. The molecule has 166 valence electrons. The summed E-state index contributed by atoms with van der Waals surface area (Å²) in [5.74, 6) is 2.50. The summed E-state index contributed by atoms with van der Waals surface area (Å²) in [6.07, 6.45) is 5.36. The van der Waals surface area contributed by atoms with Crippen molar-refractivity contribution in [1.29, 1.82) is 0 Å². The number of rotatable bonds is 7. The number of anilines is 1. The highest BCUT2D eigenvalue weighted by molar-refractivity contribution is 5.99. The Balaban J connectivity index is 1.31. The fourth-order valence-electron chi connectivity index (χ4n) is 5.54. The first-order valence-electron chi connectivity index (χ1n) is 11.9. The van der Waals surface area contributed by atoms with E-state index < -0.39 is 5.41 Å². The van der Waals surface area contributed by atoms with Crippen LogP contribution in [0.5, 0.6) is 5.75 Å². The van der Waals surface area contributed by atoms with Crippen molar-refractivity contribution in [3.63, 3.8) is 0 Å². The van der Waals surface area contributed by atoms with Gasteiger partial charge in [0.1, 0.15) is 12.4 Å². The van der Waals surface area contributed by atoms with Crippen LogP contribution in [-0.2, 0) is 10.2 Å². The molecule has 2 atom stereocenters. The fraction of sp³-hybridized carbons (Fsp3) is 0.519. The van der Waals surface area contributed by atoms with Gasteiger partial charge in [-0.05, 0) is 60.9 Å². The number of hydrogen-bond donors (Lipinski definition) is 1. The van der Waals surface area contributed by atoms with Gasteiger partial charge < -0.3 is 10.1 Å². The molecule has 1 heterocycles. The zero-order valence-corrected chi connectivity index (χ0v) is 19.0. The molecule has 2 aliphatic rings. The van der Waals surface area contributed by atoms with E-state index >= 15 is 0 Å². The maximum absolute atomic E-state index is 13.3. The summed E-state index contributed by atoms with van der Waals surface area (Å²) in [4.78, 5) is 15.8. The monoisotopic (exact) mass is 420 g/mol. The van der Waals surface area contributed by atoms with Crippen LogP contribution < -0.4 is 10.1 Å². The van der Waals surface area contributed by atoms with E-state index in [9.17, 15) is 4.79 Å². The largest absolute Gasteiger partial charge is 0.492 e. The number of likely N-dealkylation sites (tertiary alicyclic amines) is 1. The average Bonchev–Trinajstić information content (AvgIpc) is 3.26. The minimum atomic E-state index is -0.404. The first kappa shape index (κ1) is 21.9. The maximum Gasteiger partial charge on any atom is 0.235 e. The first-order valence-corrected chi connectivity index (χ1v) is 11.9. The second-order valence-electron chi connectivity index (χ2n) is 9.69. The second kappa shape index (κ2) is 9.86. The Bertz CT molecular complexity index is 833. The number of amides is 1. The zero-order valence-electron chi connectivity index (χ0n) is 19.0. The summed E-state index contributed by atoms with van der Waals surface area (Å²) in [6.45, 7) is 8.67.